The molecular formula is C26H27ClFN3O3S. The number of nitrogens with one attached hydrogen (secondary N) is 1. The molecule has 0 spiro atoms. The van der Waals surface area contributed by atoms with E-state index in [4.69, 9.17) is 16.3 Å². The Morgan fingerprint density at radius 2 is 1.97 bits per heavy atom. The van der Waals surface area contributed by atoms with Crippen molar-refractivity contribution in [1.82, 2.24) is 15.2 Å². The normalized spacial score (nSPS) is 14.1. The van der Waals surface area contributed by atoms with E-state index >= 15 is 0 Å². The maximum Gasteiger partial charge on any atom is 0.270 e. The van der Waals surface area contributed by atoms with Crippen LogP contribution >= 0.6 is 22.9 Å². The number of nitrogens with zero attached hydrogens (tertiary/aromatic N) is 2. The minimum Gasteiger partial charge on any atom is -0.494 e. The molecule has 6 nitrogen and oxygen atoms in total. The molecule has 0 saturated carbocycles. The van der Waals surface area contributed by atoms with Crippen LogP contribution in [0.1, 0.15) is 57.1 Å². The number of carbonyl (C=O) groups excluding carboxylic acids is 2. The predicted molar refractivity (Wildman–Crippen MR) is 135 cm³/mol. The summed E-state index contributed by atoms with van der Waals surface area (Å²) >= 11 is 7.51. The Balaban J connectivity index is 1.29. The van der Waals surface area contributed by atoms with Crippen LogP contribution in [0.5, 0.6) is 5.75 Å². The molecule has 9 heteroatoms. The van der Waals surface area contributed by atoms with Crippen LogP contribution in [-0.2, 0) is 6.42 Å². The molecule has 2 aromatic carbocycles. The van der Waals surface area contributed by atoms with Gasteiger partial charge in [0.25, 0.3) is 11.8 Å². The van der Waals surface area contributed by atoms with Crippen molar-refractivity contribution in [1.29, 1.82) is 0 Å². The molecule has 0 radical (unpaired) electrons. The molecule has 1 N–H and O–H groups in total. The molecule has 1 fully saturated rings. The highest BCUT2D eigenvalue weighted by Gasteiger charge is 2.29. The molecule has 0 bridgehead atoms. The summed E-state index contributed by atoms with van der Waals surface area (Å²) in [6.07, 6.45) is 2.05. The average molecular weight is 516 g/mol. The maximum absolute atomic E-state index is 14.1. The van der Waals surface area contributed by atoms with Gasteiger partial charge in [0, 0.05) is 30.9 Å². The number of piperidine rings is 1. The Hall–Kier alpha value is -2.97. The summed E-state index contributed by atoms with van der Waals surface area (Å²) < 4.78 is 19.8. The van der Waals surface area contributed by atoms with Gasteiger partial charge in [-0.05, 0) is 49.9 Å². The van der Waals surface area contributed by atoms with Gasteiger partial charge in [0.15, 0.2) is 0 Å². The van der Waals surface area contributed by atoms with Crippen molar-refractivity contribution in [3.8, 4) is 5.75 Å². The number of likely N-dealkylation sites (tertiary alicyclic amines) is 1. The summed E-state index contributed by atoms with van der Waals surface area (Å²) in [5.74, 6) is -0.219. The second-order valence-electron chi connectivity index (χ2n) is 8.28. The van der Waals surface area contributed by atoms with Crippen molar-refractivity contribution in [3.63, 3.8) is 0 Å². The highest BCUT2D eigenvalue weighted by atomic mass is 35.5. The highest BCUT2D eigenvalue weighted by molar-refractivity contribution is 7.09. The van der Waals surface area contributed by atoms with Crippen molar-refractivity contribution in [2.45, 2.75) is 32.1 Å². The van der Waals surface area contributed by atoms with E-state index in [2.05, 4.69) is 10.3 Å². The predicted octanol–water partition coefficient (Wildman–Crippen LogP) is 5.33. The Morgan fingerprint density at radius 1 is 1.20 bits per heavy atom. The fraction of sp³-hybridized carbons (Fsp3) is 0.346. The van der Waals surface area contributed by atoms with E-state index in [9.17, 15) is 14.0 Å². The highest BCUT2D eigenvalue weighted by Crippen LogP contribution is 2.32. The lowest BCUT2D eigenvalue weighted by molar-refractivity contribution is 0.0708. The summed E-state index contributed by atoms with van der Waals surface area (Å²) in [6.45, 7) is 3.98. The second kappa shape index (κ2) is 11.6. The van der Waals surface area contributed by atoms with Gasteiger partial charge in [-0.2, -0.15) is 0 Å². The van der Waals surface area contributed by atoms with Gasteiger partial charge in [0.1, 0.15) is 17.3 Å². The first-order valence-corrected chi connectivity index (χ1v) is 12.9. The van der Waals surface area contributed by atoms with Gasteiger partial charge < -0.3 is 15.0 Å². The van der Waals surface area contributed by atoms with E-state index in [1.54, 1.807) is 10.3 Å². The molecule has 2 amide bonds. The summed E-state index contributed by atoms with van der Waals surface area (Å²) in [7, 11) is 0. The number of benzene rings is 2. The van der Waals surface area contributed by atoms with Gasteiger partial charge in [0.2, 0.25) is 0 Å². The molecule has 1 aliphatic rings. The number of thiazole rings is 1. The third kappa shape index (κ3) is 6.00. The number of rotatable bonds is 8. The zero-order valence-corrected chi connectivity index (χ0v) is 21.0. The van der Waals surface area contributed by atoms with E-state index in [-0.39, 0.29) is 22.4 Å². The minimum atomic E-state index is -0.610. The average Bonchev–Trinajstić information content (AvgIpc) is 3.36. The molecule has 35 heavy (non-hydrogen) atoms. The summed E-state index contributed by atoms with van der Waals surface area (Å²) in [4.78, 5) is 31.6. The maximum atomic E-state index is 14.1. The summed E-state index contributed by atoms with van der Waals surface area (Å²) in [6, 6.07) is 12.1. The molecule has 0 aliphatic carbocycles. The number of halogens is 2. The first kappa shape index (κ1) is 25.1. The van der Waals surface area contributed by atoms with Gasteiger partial charge in [-0.1, -0.05) is 35.9 Å². The van der Waals surface area contributed by atoms with Crippen molar-refractivity contribution < 1.29 is 18.7 Å². The van der Waals surface area contributed by atoms with Gasteiger partial charge in [-0.3, -0.25) is 9.59 Å². The van der Waals surface area contributed by atoms with Gasteiger partial charge in [-0.25, -0.2) is 9.37 Å². The molecule has 4 rings (SSSR count). The Bertz CT molecular complexity index is 1170. The molecule has 1 aromatic heterocycles. The zero-order valence-electron chi connectivity index (χ0n) is 19.4. The van der Waals surface area contributed by atoms with Crippen LogP contribution in [0.25, 0.3) is 0 Å². The number of hydrogen-bond acceptors (Lipinski definition) is 5. The summed E-state index contributed by atoms with van der Waals surface area (Å²) in [5.41, 5.74) is 1.37. The second-order valence-corrected chi connectivity index (χ2v) is 9.58. The number of para-hydroxylation sites is 1. The van der Waals surface area contributed by atoms with E-state index in [1.165, 1.54) is 29.5 Å². The zero-order chi connectivity index (χ0) is 24.8. The molecule has 0 unspecified atom stereocenters. The molecule has 184 valence electrons. The molecule has 3 aromatic rings. The lowest BCUT2D eigenvalue weighted by Gasteiger charge is -2.31. The third-order valence-corrected chi connectivity index (χ3v) is 7.34. The SMILES string of the molecule is CCOc1ccccc1CCNC(=O)c1csc(C2CCN(C(=O)c3c(F)cccc3Cl)CC2)n1. The molecule has 1 aliphatic heterocycles. The number of amides is 2. The Kier molecular flexibility index (Phi) is 8.36. The van der Waals surface area contributed by atoms with Gasteiger partial charge >= 0.3 is 0 Å². The van der Waals surface area contributed by atoms with Crippen LogP contribution in [0, 0.1) is 5.82 Å². The fourth-order valence-corrected chi connectivity index (χ4v) is 5.39. The largest absolute Gasteiger partial charge is 0.494 e. The standard InChI is InChI=1S/C26H27ClFN3O3S/c1-2-34-22-9-4-3-6-17(22)10-13-29-24(32)21-16-35-25(30-21)18-11-14-31(15-12-18)26(33)23-19(27)7-5-8-20(23)28/h3-9,16,18H,2,10-15H2,1H3,(H,29,32). The minimum absolute atomic E-state index is 0.0790. The van der Waals surface area contributed by atoms with Crippen LogP contribution in [-0.4, -0.2) is 47.9 Å². The summed E-state index contributed by atoms with van der Waals surface area (Å²) in [5, 5.41) is 5.71. The number of carbonyl (C=O) groups is 2. The van der Waals surface area contributed by atoms with E-state index in [0.717, 1.165) is 16.3 Å². The van der Waals surface area contributed by atoms with E-state index < -0.39 is 11.7 Å². The lowest BCUT2D eigenvalue weighted by atomic mass is 9.97. The van der Waals surface area contributed by atoms with Crippen molar-refractivity contribution in [3.05, 3.63) is 80.5 Å². The fourth-order valence-electron chi connectivity index (χ4n) is 4.18. The smallest absolute Gasteiger partial charge is 0.270 e. The lowest BCUT2D eigenvalue weighted by Crippen LogP contribution is -2.38. The van der Waals surface area contributed by atoms with Gasteiger partial charge in [0.05, 0.1) is 22.2 Å². The Morgan fingerprint density at radius 3 is 2.71 bits per heavy atom. The molecule has 2 heterocycles. The number of hydrogen-bond donors (Lipinski definition) is 1. The first-order chi connectivity index (χ1) is 17.0. The van der Waals surface area contributed by atoms with Crippen LogP contribution in [0.15, 0.2) is 47.8 Å². The molecule has 0 atom stereocenters. The monoisotopic (exact) mass is 515 g/mol. The van der Waals surface area contributed by atoms with Crippen LogP contribution in [0.2, 0.25) is 5.02 Å². The van der Waals surface area contributed by atoms with E-state index in [1.807, 2.05) is 31.2 Å². The Labute approximate surface area is 213 Å². The van der Waals surface area contributed by atoms with Gasteiger partial charge in [-0.15, -0.1) is 11.3 Å². The number of aromatic nitrogens is 1. The van der Waals surface area contributed by atoms with E-state index in [0.29, 0.717) is 51.2 Å². The molecule has 1 saturated heterocycles. The van der Waals surface area contributed by atoms with Crippen LogP contribution in [0.4, 0.5) is 4.39 Å². The van der Waals surface area contributed by atoms with Crippen LogP contribution in [0.3, 0.4) is 0 Å². The first-order valence-electron chi connectivity index (χ1n) is 11.7. The van der Waals surface area contributed by atoms with Crippen molar-refractivity contribution >= 4 is 34.8 Å². The van der Waals surface area contributed by atoms with Crippen molar-refractivity contribution in [2.24, 2.45) is 0 Å². The number of ether oxygens (including phenoxy) is 1. The van der Waals surface area contributed by atoms with Crippen molar-refractivity contribution in [2.75, 3.05) is 26.2 Å². The third-order valence-electron chi connectivity index (χ3n) is 6.01. The topological polar surface area (TPSA) is 71.5 Å². The van der Waals surface area contributed by atoms with Crippen LogP contribution < -0.4 is 10.1 Å². The quantitative estimate of drug-likeness (QED) is 0.440. The molecular weight excluding hydrogens is 489 g/mol.